The lowest BCUT2D eigenvalue weighted by molar-refractivity contribution is -0.0363. The van der Waals surface area contributed by atoms with Crippen molar-refractivity contribution >= 4 is 29.2 Å². The van der Waals surface area contributed by atoms with Crippen LogP contribution in [0, 0.1) is 18.7 Å². The number of amidine groups is 1. The van der Waals surface area contributed by atoms with Gasteiger partial charge in [-0.25, -0.2) is 23.1 Å². The molecular weight excluding hydrogens is 423 g/mol. The zero-order chi connectivity index (χ0) is 22.2. The monoisotopic (exact) mass is 441 g/mol. The third-order valence-corrected chi connectivity index (χ3v) is 5.31. The van der Waals surface area contributed by atoms with Gasteiger partial charge >= 0.3 is 0 Å². The second kappa shape index (κ2) is 8.10. The molecule has 1 amide bonds. The highest BCUT2D eigenvalue weighted by Gasteiger charge is 2.53. The Morgan fingerprint density at radius 1 is 1.37 bits per heavy atom. The molecule has 11 heteroatoms. The van der Waals surface area contributed by atoms with Gasteiger partial charge in [0.2, 0.25) is 0 Å². The van der Waals surface area contributed by atoms with E-state index in [9.17, 15) is 18.0 Å². The largest absolute Gasteiger partial charge is 0.462 e. The number of amides is 1. The Kier molecular flexibility index (Phi) is 5.89. The average molecular weight is 442 g/mol. The summed E-state index contributed by atoms with van der Waals surface area (Å²) < 4.78 is 48.5. The first-order chi connectivity index (χ1) is 14.1. The van der Waals surface area contributed by atoms with Crippen molar-refractivity contribution in [2.75, 3.05) is 5.32 Å². The molecule has 1 aromatic heterocycles. The minimum absolute atomic E-state index is 0.0111. The van der Waals surface area contributed by atoms with E-state index in [4.69, 9.17) is 22.1 Å². The molecule has 0 saturated carbocycles. The van der Waals surface area contributed by atoms with E-state index < -0.39 is 47.3 Å². The summed E-state index contributed by atoms with van der Waals surface area (Å²) in [7, 11) is 0. The molecule has 3 N–H and O–H groups in total. The van der Waals surface area contributed by atoms with Gasteiger partial charge < -0.3 is 15.8 Å². The lowest BCUT2D eigenvalue weighted by atomic mass is 9.76. The fraction of sp³-hybridized carbons (Fsp3) is 0.368. The highest BCUT2D eigenvalue weighted by Crippen LogP contribution is 2.45. The topological polar surface area (TPSA) is 102 Å². The van der Waals surface area contributed by atoms with Crippen LogP contribution in [0.25, 0.3) is 0 Å². The van der Waals surface area contributed by atoms with Crippen LogP contribution in [0.15, 0.2) is 29.4 Å². The number of hydrogen-bond donors (Lipinski definition) is 2. The van der Waals surface area contributed by atoms with E-state index in [-0.39, 0.29) is 16.5 Å². The highest BCUT2D eigenvalue weighted by molar-refractivity contribution is 6.29. The van der Waals surface area contributed by atoms with Crippen LogP contribution < -0.4 is 11.1 Å². The maximum Gasteiger partial charge on any atom is 0.283 e. The van der Waals surface area contributed by atoms with Crippen LogP contribution in [0.1, 0.15) is 35.6 Å². The molecular formula is C19H19ClF3N5O2. The van der Waals surface area contributed by atoms with Crippen molar-refractivity contribution in [3.05, 3.63) is 52.3 Å². The second-order valence-electron chi connectivity index (χ2n) is 6.96. The molecule has 3 rings (SSSR count). The number of carbonyl (C=O) groups is 1. The number of aromatic nitrogens is 2. The number of hydrogen-bond acceptors (Lipinski definition) is 6. The van der Waals surface area contributed by atoms with Crippen LogP contribution in [-0.2, 0) is 10.3 Å². The zero-order valence-corrected chi connectivity index (χ0v) is 17.0. The molecule has 1 aliphatic heterocycles. The number of rotatable bonds is 4. The predicted octanol–water partition coefficient (Wildman–Crippen LogP) is 3.66. The van der Waals surface area contributed by atoms with E-state index >= 15 is 0 Å². The average Bonchev–Trinajstić information content (AvgIpc) is 2.67. The molecule has 0 saturated heterocycles. The molecule has 0 aliphatic carbocycles. The molecule has 0 spiro atoms. The fourth-order valence-electron chi connectivity index (χ4n) is 3.37. The van der Waals surface area contributed by atoms with Crippen LogP contribution >= 0.6 is 11.6 Å². The summed E-state index contributed by atoms with van der Waals surface area (Å²) in [4.78, 5) is 24.2. The van der Waals surface area contributed by atoms with Crippen molar-refractivity contribution in [2.45, 2.75) is 38.8 Å². The normalized spacial score (nSPS) is 23.7. The number of aryl methyl sites for hydroxylation is 1. The van der Waals surface area contributed by atoms with Crippen LogP contribution in [0.4, 0.5) is 18.9 Å². The Balaban J connectivity index is 2.05. The first kappa shape index (κ1) is 21.8. The van der Waals surface area contributed by atoms with Gasteiger partial charge in [0.15, 0.2) is 11.2 Å². The van der Waals surface area contributed by atoms with Crippen LogP contribution in [0.3, 0.4) is 0 Å². The van der Waals surface area contributed by atoms with Gasteiger partial charge in [0, 0.05) is 17.2 Å². The summed E-state index contributed by atoms with van der Waals surface area (Å²) in [5.41, 5.74) is 3.23. The van der Waals surface area contributed by atoms with Gasteiger partial charge in [-0.3, -0.25) is 9.78 Å². The Bertz CT molecular complexity index is 1020. The number of aliphatic imine (C=N–C) groups is 1. The van der Waals surface area contributed by atoms with Crippen LogP contribution in [0.2, 0.25) is 5.15 Å². The van der Waals surface area contributed by atoms with E-state index in [2.05, 4.69) is 20.3 Å². The summed E-state index contributed by atoms with van der Waals surface area (Å²) in [6, 6.07) is 2.87. The lowest BCUT2D eigenvalue weighted by Gasteiger charge is -2.41. The molecule has 0 fully saturated rings. The molecule has 1 unspecified atom stereocenters. The van der Waals surface area contributed by atoms with Crippen molar-refractivity contribution in [1.82, 2.24) is 9.97 Å². The van der Waals surface area contributed by atoms with Crippen LogP contribution in [-0.4, -0.2) is 34.4 Å². The maximum absolute atomic E-state index is 14.7. The minimum atomic E-state index is -3.08. The lowest BCUT2D eigenvalue weighted by Crippen LogP contribution is -2.51. The first-order valence-electron chi connectivity index (χ1n) is 8.97. The number of halogens is 4. The smallest absolute Gasteiger partial charge is 0.283 e. The molecule has 160 valence electrons. The molecule has 7 nitrogen and oxygen atoms in total. The molecule has 1 aromatic carbocycles. The van der Waals surface area contributed by atoms with Gasteiger partial charge in [-0.05, 0) is 32.0 Å². The summed E-state index contributed by atoms with van der Waals surface area (Å²) >= 11 is 5.78. The third kappa shape index (κ3) is 3.79. The fourth-order valence-corrected chi connectivity index (χ4v) is 3.51. The summed E-state index contributed by atoms with van der Waals surface area (Å²) in [5.74, 6) is -2.50. The Morgan fingerprint density at radius 2 is 2.07 bits per heavy atom. The molecule has 1 aliphatic rings. The van der Waals surface area contributed by atoms with E-state index in [0.29, 0.717) is 5.69 Å². The van der Waals surface area contributed by atoms with Gasteiger partial charge in [-0.1, -0.05) is 18.5 Å². The number of alkyl halides is 2. The van der Waals surface area contributed by atoms with E-state index in [0.717, 1.165) is 12.1 Å². The van der Waals surface area contributed by atoms with Crippen molar-refractivity contribution in [1.29, 1.82) is 0 Å². The van der Waals surface area contributed by atoms with Gasteiger partial charge in [-0.2, -0.15) is 0 Å². The number of ether oxygens (including phenoxy) is 1. The van der Waals surface area contributed by atoms with E-state index in [1.54, 1.807) is 13.8 Å². The predicted molar refractivity (Wildman–Crippen MR) is 105 cm³/mol. The summed E-state index contributed by atoms with van der Waals surface area (Å²) in [5, 5.41) is 2.51. The van der Waals surface area contributed by atoms with E-state index in [1.165, 1.54) is 19.2 Å². The van der Waals surface area contributed by atoms with Crippen molar-refractivity contribution < 1.29 is 22.7 Å². The number of benzene rings is 1. The molecule has 3 atom stereocenters. The van der Waals surface area contributed by atoms with Crippen molar-refractivity contribution in [2.24, 2.45) is 16.6 Å². The molecule has 2 aromatic rings. The number of anilines is 1. The third-order valence-electron chi connectivity index (χ3n) is 5.13. The highest BCUT2D eigenvalue weighted by atomic mass is 35.5. The standard InChI is InChI=1S/C19H19ClF3N5O2/c1-8-10(3)30-18(24)28-19(8,17(22)23)12-6-11(4-5-13(12)21)26-16(29)15-9(2)25-7-14(20)27-15/h4-8,10,17H,1-3H3,(H2,24,28)(H,26,29)/t8-,10?,19-/m1/s1. The van der Waals surface area contributed by atoms with Crippen molar-refractivity contribution in [3.63, 3.8) is 0 Å². The second-order valence-corrected chi connectivity index (χ2v) is 7.35. The van der Waals surface area contributed by atoms with Gasteiger partial charge in [0.25, 0.3) is 18.4 Å². The zero-order valence-electron chi connectivity index (χ0n) is 16.3. The molecule has 30 heavy (non-hydrogen) atoms. The first-order valence-corrected chi connectivity index (χ1v) is 9.34. The number of carbonyl (C=O) groups excluding carboxylic acids is 1. The minimum Gasteiger partial charge on any atom is -0.462 e. The van der Waals surface area contributed by atoms with E-state index in [1.807, 2.05) is 0 Å². The van der Waals surface area contributed by atoms with Crippen LogP contribution in [0.5, 0.6) is 0 Å². The SMILES string of the molecule is Cc1ncc(Cl)nc1C(=O)Nc1ccc(F)c([C@]2(C(F)F)N=C(N)OC(C)[C@H]2C)c1. The summed E-state index contributed by atoms with van der Waals surface area (Å²) in [6.45, 7) is 4.58. The Hall–Kier alpha value is -2.88. The summed E-state index contributed by atoms with van der Waals surface area (Å²) in [6.07, 6.45) is -2.54. The number of nitrogens with zero attached hydrogens (tertiary/aromatic N) is 3. The maximum atomic E-state index is 14.7. The molecule has 0 bridgehead atoms. The van der Waals surface area contributed by atoms with Gasteiger partial charge in [0.05, 0.1) is 11.9 Å². The van der Waals surface area contributed by atoms with Gasteiger partial charge in [0.1, 0.15) is 17.1 Å². The van der Waals surface area contributed by atoms with Crippen molar-refractivity contribution in [3.8, 4) is 0 Å². The molecule has 0 radical (unpaired) electrons. The van der Waals surface area contributed by atoms with Gasteiger partial charge in [-0.15, -0.1) is 0 Å². The quantitative estimate of drug-likeness (QED) is 0.753. The number of nitrogens with two attached hydrogens (primary N) is 1. The Morgan fingerprint density at radius 3 is 2.73 bits per heavy atom. The number of nitrogens with one attached hydrogen (secondary N) is 1. The molecule has 2 heterocycles. The Labute approximate surface area is 175 Å².